The Morgan fingerprint density at radius 2 is 2.21 bits per heavy atom. The van der Waals surface area contributed by atoms with Crippen molar-refractivity contribution in [2.75, 3.05) is 7.11 Å². The first kappa shape index (κ1) is 12.7. The van der Waals surface area contributed by atoms with Gasteiger partial charge in [-0.25, -0.2) is 0 Å². The number of rotatable bonds is 4. The summed E-state index contributed by atoms with van der Waals surface area (Å²) in [4.78, 5) is 1.56. The quantitative estimate of drug-likeness (QED) is 0.911. The summed E-state index contributed by atoms with van der Waals surface area (Å²) >= 11 is 1.89. The zero-order chi connectivity index (χ0) is 13.1. The minimum atomic E-state index is 0.500. The second-order valence-corrected chi connectivity index (χ2v) is 5.94. The molecule has 1 atom stereocenters. The third-order valence-electron chi connectivity index (χ3n) is 3.78. The molecule has 1 aromatic carbocycles. The van der Waals surface area contributed by atoms with E-state index in [-0.39, 0.29) is 0 Å². The lowest BCUT2D eigenvalue weighted by Gasteiger charge is -2.24. The lowest BCUT2D eigenvalue weighted by atomic mass is 9.94. The molecule has 2 aromatic rings. The number of para-hydroxylation sites is 1. The zero-order valence-electron chi connectivity index (χ0n) is 11.2. The number of nitrogens with one attached hydrogen (secondary N) is 1. The highest BCUT2D eigenvalue weighted by atomic mass is 32.1. The summed E-state index contributed by atoms with van der Waals surface area (Å²) in [5, 5.41) is 5.90. The zero-order valence-corrected chi connectivity index (χ0v) is 12.0. The summed E-state index contributed by atoms with van der Waals surface area (Å²) in [6.07, 6.45) is 3.77. The van der Waals surface area contributed by atoms with E-state index >= 15 is 0 Å². The van der Waals surface area contributed by atoms with Crippen molar-refractivity contribution in [2.24, 2.45) is 0 Å². The Bertz CT molecular complexity index is 549. The van der Waals surface area contributed by atoms with Crippen molar-refractivity contribution >= 4 is 11.3 Å². The largest absolute Gasteiger partial charge is 0.496 e. The van der Waals surface area contributed by atoms with Gasteiger partial charge in [-0.2, -0.15) is 0 Å². The van der Waals surface area contributed by atoms with Gasteiger partial charge in [0.2, 0.25) is 0 Å². The molecule has 19 heavy (non-hydrogen) atoms. The first-order valence-corrected chi connectivity index (χ1v) is 7.68. The van der Waals surface area contributed by atoms with Crippen LogP contribution < -0.4 is 10.1 Å². The first-order valence-electron chi connectivity index (χ1n) is 6.80. The predicted molar refractivity (Wildman–Crippen MR) is 79.8 cm³/mol. The highest BCUT2D eigenvalue weighted by Crippen LogP contribution is 2.33. The van der Waals surface area contributed by atoms with Crippen molar-refractivity contribution in [3.8, 4) is 5.75 Å². The van der Waals surface area contributed by atoms with Crippen LogP contribution in [-0.2, 0) is 13.0 Å². The number of ether oxygens (including phenoxy) is 1. The Morgan fingerprint density at radius 1 is 1.32 bits per heavy atom. The van der Waals surface area contributed by atoms with Crippen LogP contribution in [0.25, 0.3) is 0 Å². The molecule has 0 aliphatic heterocycles. The van der Waals surface area contributed by atoms with E-state index in [2.05, 4.69) is 28.9 Å². The molecule has 1 heterocycles. The maximum absolute atomic E-state index is 5.40. The SMILES string of the molecule is COc1ccccc1CNC1CCCc2sccc21. The fraction of sp³-hybridized carbons (Fsp3) is 0.375. The topological polar surface area (TPSA) is 21.3 Å². The fourth-order valence-electron chi connectivity index (χ4n) is 2.78. The molecule has 1 N–H and O–H groups in total. The van der Waals surface area contributed by atoms with E-state index < -0.39 is 0 Å². The van der Waals surface area contributed by atoms with Gasteiger partial charge in [0.15, 0.2) is 0 Å². The molecule has 0 saturated heterocycles. The summed E-state index contributed by atoms with van der Waals surface area (Å²) in [6.45, 7) is 0.865. The monoisotopic (exact) mass is 273 g/mol. The van der Waals surface area contributed by atoms with E-state index in [9.17, 15) is 0 Å². The lowest BCUT2D eigenvalue weighted by Crippen LogP contribution is -2.24. The van der Waals surface area contributed by atoms with Gasteiger partial charge in [0, 0.05) is 23.0 Å². The van der Waals surface area contributed by atoms with Crippen molar-refractivity contribution in [3.63, 3.8) is 0 Å². The van der Waals surface area contributed by atoms with Gasteiger partial charge in [-0.05, 0) is 42.3 Å². The van der Waals surface area contributed by atoms with Crippen molar-refractivity contribution in [3.05, 3.63) is 51.7 Å². The van der Waals surface area contributed by atoms with E-state index in [1.165, 1.54) is 30.4 Å². The molecule has 0 fully saturated rings. The van der Waals surface area contributed by atoms with E-state index in [1.54, 1.807) is 12.0 Å². The number of benzene rings is 1. The van der Waals surface area contributed by atoms with Gasteiger partial charge < -0.3 is 10.1 Å². The van der Waals surface area contributed by atoms with Gasteiger partial charge in [0.25, 0.3) is 0 Å². The van der Waals surface area contributed by atoms with E-state index in [4.69, 9.17) is 4.74 Å². The average Bonchev–Trinajstić information content (AvgIpc) is 2.94. The van der Waals surface area contributed by atoms with Crippen LogP contribution in [0.5, 0.6) is 5.75 Å². The molecular weight excluding hydrogens is 254 g/mol. The summed E-state index contributed by atoms with van der Waals surface area (Å²) in [5.74, 6) is 0.969. The maximum Gasteiger partial charge on any atom is 0.123 e. The van der Waals surface area contributed by atoms with Crippen molar-refractivity contribution in [1.82, 2.24) is 5.32 Å². The number of hydrogen-bond donors (Lipinski definition) is 1. The summed E-state index contributed by atoms with van der Waals surface area (Å²) < 4.78 is 5.40. The van der Waals surface area contributed by atoms with Crippen LogP contribution in [0.3, 0.4) is 0 Å². The molecule has 1 unspecified atom stereocenters. The third kappa shape index (κ3) is 2.67. The van der Waals surface area contributed by atoms with E-state index in [1.807, 2.05) is 23.5 Å². The molecule has 1 aliphatic carbocycles. The summed E-state index contributed by atoms with van der Waals surface area (Å²) in [5.41, 5.74) is 2.73. The number of methoxy groups -OCH3 is 1. The Hall–Kier alpha value is -1.32. The van der Waals surface area contributed by atoms with E-state index in [0.717, 1.165) is 12.3 Å². The number of aryl methyl sites for hydroxylation is 1. The minimum absolute atomic E-state index is 0.500. The Kier molecular flexibility index (Phi) is 3.85. The molecule has 3 rings (SSSR count). The van der Waals surface area contributed by atoms with Crippen LogP contribution in [-0.4, -0.2) is 7.11 Å². The Labute approximate surface area is 118 Å². The number of thiophene rings is 1. The second kappa shape index (κ2) is 5.76. The van der Waals surface area contributed by atoms with Crippen LogP contribution in [0.15, 0.2) is 35.7 Å². The fourth-order valence-corrected chi connectivity index (χ4v) is 3.77. The molecule has 3 heteroatoms. The molecule has 0 spiro atoms. The van der Waals surface area contributed by atoms with Crippen molar-refractivity contribution in [2.45, 2.75) is 31.8 Å². The summed E-state index contributed by atoms with van der Waals surface area (Å²) in [6, 6.07) is 11.0. The smallest absolute Gasteiger partial charge is 0.123 e. The first-order chi connectivity index (χ1) is 9.38. The molecule has 1 aliphatic rings. The van der Waals surface area contributed by atoms with Crippen LogP contribution in [0.4, 0.5) is 0 Å². The average molecular weight is 273 g/mol. The van der Waals surface area contributed by atoms with Gasteiger partial charge in [0.1, 0.15) is 5.75 Å². The molecule has 1 aromatic heterocycles. The van der Waals surface area contributed by atoms with Gasteiger partial charge >= 0.3 is 0 Å². The standard InChI is InChI=1S/C16H19NOS/c1-18-15-7-3-2-5-12(15)11-17-14-6-4-8-16-13(14)9-10-19-16/h2-3,5,7,9-10,14,17H,4,6,8,11H2,1H3. The van der Waals surface area contributed by atoms with Gasteiger partial charge in [-0.15, -0.1) is 11.3 Å². The molecule has 0 saturated carbocycles. The van der Waals surface area contributed by atoms with Gasteiger partial charge in [-0.1, -0.05) is 18.2 Å². The molecule has 0 bridgehead atoms. The maximum atomic E-state index is 5.40. The van der Waals surface area contributed by atoms with Gasteiger partial charge in [0.05, 0.1) is 7.11 Å². The van der Waals surface area contributed by atoms with Crippen LogP contribution in [0.1, 0.15) is 34.9 Å². The molecule has 0 radical (unpaired) electrons. The van der Waals surface area contributed by atoms with Crippen LogP contribution >= 0.6 is 11.3 Å². The number of fused-ring (bicyclic) bond motifs is 1. The second-order valence-electron chi connectivity index (χ2n) is 4.94. The predicted octanol–water partition coefficient (Wildman–Crippen LogP) is 3.92. The molecular formula is C16H19NOS. The van der Waals surface area contributed by atoms with Crippen LogP contribution in [0.2, 0.25) is 0 Å². The van der Waals surface area contributed by atoms with Gasteiger partial charge in [-0.3, -0.25) is 0 Å². The normalized spacial score (nSPS) is 18.1. The molecule has 0 amide bonds. The molecule has 2 nitrogen and oxygen atoms in total. The lowest BCUT2D eigenvalue weighted by molar-refractivity contribution is 0.401. The third-order valence-corrected chi connectivity index (χ3v) is 4.78. The Morgan fingerprint density at radius 3 is 3.11 bits per heavy atom. The highest BCUT2D eigenvalue weighted by molar-refractivity contribution is 7.10. The minimum Gasteiger partial charge on any atom is -0.496 e. The van der Waals surface area contributed by atoms with E-state index in [0.29, 0.717) is 6.04 Å². The molecule has 100 valence electrons. The number of hydrogen-bond acceptors (Lipinski definition) is 3. The van der Waals surface area contributed by atoms with Crippen molar-refractivity contribution < 1.29 is 4.74 Å². The van der Waals surface area contributed by atoms with Crippen molar-refractivity contribution in [1.29, 1.82) is 0 Å². The highest BCUT2D eigenvalue weighted by Gasteiger charge is 2.20. The van der Waals surface area contributed by atoms with Crippen LogP contribution in [0, 0.1) is 0 Å². The summed E-state index contributed by atoms with van der Waals surface area (Å²) in [7, 11) is 1.73. The Balaban J connectivity index is 1.71.